The van der Waals surface area contributed by atoms with Crippen molar-refractivity contribution in [3.8, 4) is 33.8 Å². The Hall–Kier alpha value is -4.38. The smallest absolute Gasteiger partial charge is 0.391 e. The van der Waals surface area contributed by atoms with Gasteiger partial charge in [-0.2, -0.15) is 0 Å². The van der Waals surface area contributed by atoms with Crippen LogP contribution < -0.4 is 9.05 Å². The maximum absolute atomic E-state index is 11.0. The summed E-state index contributed by atoms with van der Waals surface area (Å²) in [6.45, 7) is 31.5. The summed E-state index contributed by atoms with van der Waals surface area (Å²) in [4.78, 5) is 41.8. The third-order valence-corrected chi connectivity index (χ3v) is 13.2. The van der Waals surface area contributed by atoms with Crippen molar-refractivity contribution in [3.63, 3.8) is 0 Å². The highest BCUT2D eigenvalue weighted by Crippen LogP contribution is 2.57. The lowest BCUT2D eigenvalue weighted by atomic mass is 9.62. The Morgan fingerprint density at radius 1 is 0.400 bits per heavy atom. The minimum absolute atomic E-state index is 0.340. The van der Waals surface area contributed by atoms with Crippen molar-refractivity contribution in [2.75, 3.05) is 0 Å². The molecule has 0 aliphatic heterocycles. The first kappa shape index (κ1) is 50.0. The Morgan fingerprint density at radius 2 is 0.769 bits per heavy atom. The summed E-state index contributed by atoms with van der Waals surface area (Å²) in [5, 5.41) is 0. The predicted octanol–water partition coefficient (Wildman–Crippen LogP) is 14.8. The van der Waals surface area contributed by atoms with Crippen LogP contribution in [0.25, 0.3) is 22.3 Å². The standard InChI is InChI=1S/C57H70O6P2/c1-37-31-44(53(3,4)5)49(45(32-37)54(6,7)8)51-43(29-30-48(63-65(60)61)52(51)50-46(55(9,10)11)33-38(2)34-47(50)56(12,13)14)57(35-39-21-17-15-18-22-39,36-40-23-19-16-20-24-40)41-25-27-42(28-26-41)62-64(58)59/h15-34,58-61H,35-36H2,1-14H3. The third kappa shape index (κ3) is 11.3. The molecule has 0 bridgehead atoms. The van der Waals surface area contributed by atoms with E-state index in [1.807, 2.05) is 30.3 Å². The van der Waals surface area contributed by atoms with Crippen molar-refractivity contribution in [2.24, 2.45) is 0 Å². The van der Waals surface area contributed by atoms with E-state index < -0.39 is 22.6 Å². The molecule has 0 radical (unpaired) electrons. The Morgan fingerprint density at radius 3 is 1.12 bits per heavy atom. The largest absolute Gasteiger partial charge is 0.427 e. The van der Waals surface area contributed by atoms with Crippen LogP contribution in [0.5, 0.6) is 11.5 Å². The van der Waals surface area contributed by atoms with E-state index >= 15 is 0 Å². The van der Waals surface area contributed by atoms with Crippen molar-refractivity contribution in [3.05, 3.63) is 177 Å². The maximum atomic E-state index is 11.0. The molecule has 0 amide bonds. The van der Waals surface area contributed by atoms with Crippen molar-refractivity contribution >= 4 is 17.2 Å². The maximum Gasteiger partial charge on any atom is 0.391 e. The lowest BCUT2D eigenvalue weighted by Crippen LogP contribution is -2.35. The summed E-state index contributed by atoms with van der Waals surface area (Å²) in [7, 11) is -5.47. The molecule has 6 nitrogen and oxygen atoms in total. The van der Waals surface area contributed by atoms with Gasteiger partial charge in [0.05, 0.1) is 0 Å². The fourth-order valence-corrected chi connectivity index (χ4v) is 10.2. The van der Waals surface area contributed by atoms with E-state index in [1.54, 1.807) is 0 Å². The first-order valence-corrected chi connectivity index (χ1v) is 24.9. The van der Waals surface area contributed by atoms with Crippen LogP contribution in [0.15, 0.2) is 121 Å². The summed E-state index contributed by atoms with van der Waals surface area (Å²) in [5.74, 6) is 0.756. The molecule has 0 saturated heterocycles. The van der Waals surface area contributed by atoms with Gasteiger partial charge in [-0.25, -0.2) is 0 Å². The zero-order valence-electron chi connectivity index (χ0n) is 41.0. The molecule has 4 N–H and O–H groups in total. The SMILES string of the molecule is Cc1cc(C(C)(C)C)c(-c2c(OP(O)O)ccc(C(Cc3ccccc3)(Cc3ccccc3)c3ccc(OP(O)O)cc3)c2-c2c(C(C)(C)C)cc(C)cc2C(C)(C)C)c(C(C)(C)C)c1. The van der Waals surface area contributed by atoms with E-state index in [4.69, 9.17) is 9.05 Å². The van der Waals surface area contributed by atoms with E-state index in [1.165, 1.54) is 11.1 Å². The number of rotatable bonds is 12. The molecular weight excluding hydrogens is 843 g/mol. The van der Waals surface area contributed by atoms with Gasteiger partial charge in [0.1, 0.15) is 11.5 Å². The Bertz CT molecular complexity index is 2480. The summed E-state index contributed by atoms with van der Waals surface area (Å²) < 4.78 is 11.9. The normalized spacial score (nSPS) is 12.9. The van der Waals surface area contributed by atoms with Crippen LogP contribution in [-0.2, 0) is 39.9 Å². The molecule has 8 heteroatoms. The van der Waals surface area contributed by atoms with Gasteiger partial charge in [0.25, 0.3) is 0 Å². The molecular formula is C57H70O6P2. The predicted molar refractivity (Wildman–Crippen MR) is 273 cm³/mol. The molecule has 0 unspecified atom stereocenters. The second kappa shape index (κ2) is 19.1. The minimum Gasteiger partial charge on any atom is -0.427 e. The lowest BCUT2D eigenvalue weighted by Gasteiger charge is -2.41. The molecule has 6 aromatic carbocycles. The van der Waals surface area contributed by atoms with Gasteiger partial charge in [-0.15, -0.1) is 0 Å². The van der Waals surface area contributed by atoms with Gasteiger partial charge in [-0.1, -0.05) is 197 Å². The van der Waals surface area contributed by atoms with E-state index in [2.05, 4.69) is 188 Å². The van der Waals surface area contributed by atoms with Crippen molar-refractivity contribution in [2.45, 2.75) is 137 Å². The quantitative estimate of drug-likeness (QED) is 0.0913. The molecule has 0 saturated carbocycles. The summed E-state index contributed by atoms with van der Waals surface area (Å²) in [6.07, 6.45) is 1.17. The fourth-order valence-electron chi connectivity index (χ4n) is 9.56. The number of benzene rings is 6. The van der Waals surface area contributed by atoms with Crippen molar-refractivity contribution in [1.82, 2.24) is 0 Å². The van der Waals surface area contributed by atoms with Crippen LogP contribution in [0.3, 0.4) is 0 Å². The van der Waals surface area contributed by atoms with Crippen molar-refractivity contribution in [1.29, 1.82) is 0 Å². The van der Waals surface area contributed by atoms with E-state index in [9.17, 15) is 19.6 Å². The van der Waals surface area contributed by atoms with Crippen LogP contribution in [0.4, 0.5) is 0 Å². The van der Waals surface area contributed by atoms with Gasteiger partial charge < -0.3 is 28.6 Å². The van der Waals surface area contributed by atoms with E-state index in [0.717, 1.165) is 66.8 Å². The van der Waals surface area contributed by atoms with E-state index in [-0.39, 0.29) is 21.7 Å². The first-order chi connectivity index (χ1) is 30.2. The monoisotopic (exact) mass is 912 g/mol. The van der Waals surface area contributed by atoms with Gasteiger partial charge >= 0.3 is 17.2 Å². The van der Waals surface area contributed by atoms with Crippen molar-refractivity contribution < 1.29 is 28.6 Å². The second-order valence-electron chi connectivity index (χ2n) is 22.0. The van der Waals surface area contributed by atoms with Gasteiger partial charge in [-0.05, 0) is 128 Å². The Kier molecular flexibility index (Phi) is 14.7. The second-order valence-corrected chi connectivity index (χ2v) is 23.3. The molecule has 0 spiro atoms. The highest BCUT2D eigenvalue weighted by molar-refractivity contribution is 7.40. The molecule has 0 aromatic heterocycles. The first-order valence-electron chi connectivity index (χ1n) is 22.6. The lowest BCUT2D eigenvalue weighted by molar-refractivity contribution is 0.373. The molecule has 65 heavy (non-hydrogen) atoms. The minimum atomic E-state index is -2.84. The van der Waals surface area contributed by atoms with Crippen LogP contribution in [0, 0.1) is 13.8 Å². The van der Waals surface area contributed by atoms with Gasteiger partial charge in [-0.3, -0.25) is 0 Å². The summed E-state index contributed by atoms with van der Waals surface area (Å²) in [6, 6.07) is 42.4. The average Bonchev–Trinajstić information content (AvgIpc) is 3.19. The highest BCUT2D eigenvalue weighted by atomic mass is 31.2. The Balaban J connectivity index is 2.03. The molecule has 0 heterocycles. The van der Waals surface area contributed by atoms with Crippen LogP contribution in [-0.4, -0.2) is 19.6 Å². The topological polar surface area (TPSA) is 99.4 Å². The molecule has 0 fully saturated rings. The zero-order valence-corrected chi connectivity index (χ0v) is 42.7. The Labute approximate surface area is 391 Å². The van der Waals surface area contributed by atoms with Crippen LogP contribution in [0.1, 0.15) is 139 Å². The molecule has 0 aliphatic carbocycles. The van der Waals surface area contributed by atoms with Crippen LogP contribution in [0.2, 0.25) is 0 Å². The van der Waals surface area contributed by atoms with Gasteiger partial charge in [0.2, 0.25) is 0 Å². The average molecular weight is 913 g/mol. The van der Waals surface area contributed by atoms with Gasteiger partial charge in [0.15, 0.2) is 0 Å². The number of hydrogen-bond acceptors (Lipinski definition) is 6. The molecule has 0 aliphatic rings. The highest BCUT2D eigenvalue weighted by Gasteiger charge is 2.42. The molecule has 6 rings (SSSR count). The number of hydrogen-bond donors (Lipinski definition) is 4. The molecule has 6 aromatic rings. The molecule has 0 atom stereocenters. The summed E-state index contributed by atoms with van der Waals surface area (Å²) in [5.41, 5.74) is 13.0. The van der Waals surface area contributed by atoms with Gasteiger partial charge in [0, 0.05) is 11.0 Å². The summed E-state index contributed by atoms with van der Waals surface area (Å²) >= 11 is 0. The van der Waals surface area contributed by atoms with E-state index in [0.29, 0.717) is 24.3 Å². The zero-order chi connectivity index (χ0) is 47.9. The third-order valence-electron chi connectivity index (χ3n) is 12.5. The molecule has 344 valence electrons. The fraction of sp³-hybridized carbons (Fsp3) is 0.368. The van der Waals surface area contributed by atoms with Crippen LogP contribution >= 0.6 is 17.2 Å². The number of aryl methyl sites for hydroxylation is 2.